The number of aliphatic carboxylic acids is 1. The van der Waals surface area contributed by atoms with Crippen LogP contribution in [0.4, 0.5) is 0 Å². The van der Waals surface area contributed by atoms with Gasteiger partial charge < -0.3 is 10.4 Å². The number of carboxylic acids is 1. The highest BCUT2D eigenvalue weighted by Crippen LogP contribution is 1.98. The smallest absolute Gasteiger partial charge is 0.326 e. The van der Waals surface area contributed by atoms with Gasteiger partial charge in [-0.1, -0.05) is 0 Å². The van der Waals surface area contributed by atoms with Crippen LogP contribution in [0.3, 0.4) is 0 Å². The van der Waals surface area contributed by atoms with Crippen molar-refractivity contribution in [2.24, 2.45) is 0 Å². The normalized spacial score (nSPS) is 12.1. The molecule has 14 heavy (non-hydrogen) atoms. The monoisotopic (exact) mass is 197 g/mol. The lowest BCUT2D eigenvalue weighted by molar-refractivity contribution is -0.141. The fourth-order valence-corrected chi connectivity index (χ4v) is 1.06. The minimum atomic E-state index is -1.06. The van der Waals surface area contributed by atoms with Crippen LogP contribution in [0.25, 0.3) is 0 Å². The average Bonchev–Trinajstić information content (AvgIpc) is 2.54. The molecule has 76 valence electrons. The highest BCUT2D eigenvalue weighted by atomic mass is 16.4. The van der Waals surface area contributed by atoms with Crippen molar-refractivity contribution in [3.63, 3.8) is 0 Å². The van der Waals surface area contributed by atoms with Crippen LogP contribution in [0.5, 0.6) is 0 Å². The number of hydrogen-bond acceptors (Lipinski definition) is 3. The highest BCUT2D eigenvalue weighted by molar-refractivity contribution is 5.82. The van der Waals surface area contributed by atoms with Crippen LogP contribution in [0.15, 0.2) is 12.3 Å². The molecule has 1 rings (SSSR count). The lowest BCUT2D eigenvalue weighted by Crippen LogP contribution is -2.41. The minimum Gasteiger partial charge on any atom is -0.480 e. The Bertz CT molecular complexity index is 321. The molecule has 6 heteroatoms. The zero-order chi connectivity index (χ0) is 10.6. The van der Waals surface area contributed by atoms with Crippen molar-refractivity contribution >= 4 is 11.9 Å². The number of aromatic nitrogens is 2. The van der Waals surface area contributed by atoms with Crippen molar-refractivity contribution in [1.82, 2.24) is 15.5 Å². The molecule has 1 unspecified atom stereocenters. The maximum atomic E-state index is 10.7. The number of hydrogen-bond donors (Lipinski definition) is 3. The number of rotatable bonds is 4. The summed E-state index contributed by atoms with van der Waals surface area (Å²) in [6.45, 7) is 1.28. The Hall–Kier alpha value is -1.85. The number of carbonyl (C=O) groups excluding carboxylic acids is 1. The van der Waals surface area contributed by atoms with E-state index < -0.39 is 12.0 Å². The summed E-state index contributed by atoms with van der Waals surface area (Å²) < 4.78 is 0. The standard InChI is InChI=1S/C8H11N3O3/c1-5(12)10-7(8(13)14)4-6-2-3-9-11-6/h2-3,7H,4H2,1H3,(H,9,11)(H,10,12)(H,13,14). The molecule has 1 amide bonds. The van der Waals surface area contributed by atoms with Gasteiger partial charge in [0.2, 0.25) is 5.91 Å². The summed E-state index contributed by atoms with van der Waals surface area (Å²) in [7, 11) is 0. The first-order chi connectivity index (χ1) is 6.59. The zero-order valence-electron chi connectivity index (χ0n) is 7.65. The molecule has 0 aliphatic rings. The number of nitrogens with zero attached hydrogens (tertiary/aromatic N) is 1. The fourth-order valence-electron chi connectivity index (χ4n) is 1.06. The van der Waals surface area contributed by atoms with Crippen molar-refractivity contribution in [2.45, 2.75) is 19.4 Å². The summed E-state index contributed by atoms with van der Waals surface area (Å²) >= 11 is 0. The van der Waals surface area contributed by atoms with Crippen molar-refractivity contribution in [3.8, 4) is 0 Å². The van der Waals surface area contributed by atoms with Gasteiger partial charge in [0, 0.05) is 25.2 Å². The number of aromatic amines is 1. The summed E-state index contributed by atoms with van der Waals surface area (Å²) in [5, 5.41) is 17.4. The molecule has 0 radical (unpaired) electrons. The predicted octanol–water partition coefficient (Wildman–Crippen LogP) is -0.459. The van der Waals surface area contributed by atoms with Crippen LogP contribution in [0.1, 0.15) is 12.6 Å². The van der Waals surface area contributed by atoms with Crippen LogP contribution < -0.4 is 5.32 Å². The van der Waals surface area contributed by atoms with Gasteiger partial charge in [0.15, 0.2) is 0 Å². The van der Waals surface area contributed by atoms with E-state index in [0.717, 1.165) is 0 Å². The second-order valence-corrected chi connectivity index (χ2v) is 2.88. The topological polar surface area (TPSA) is 95.1 Å². The molecule has 0 aliphatic heterocycles. The molecule has 0 fully saturated rings. The van der Waals surface area contributed by atoms with Gasteiger partial charge in [0.05, 0.1) is 0 Å². The van der Waals surface area contributed by atoms with Crippen molar-refractivity contribution in [1.29, 1.82) is 0 Å². The quantitative estimate of drug-likeness (QED) is 0.608. The average molecular weight is 197 g/mol. The second-order valence-electron chi connectivity index (χ2n) is 2.88. The van der Waals surface area contributed by atoms with Gasteiger partial charge in [-0.3, -0.25) is 9.89 Å². The first-order valence-electron chi connectivity index (χ1n) is 4.07. The maximum absolute atomic E-state index is 10.7. The number of carboxylic acid groups (broad SMARTS) is 1. The summed E-state index contributed by atoms with van der Waals surface area (Å²) in [6.07, 6.45) is 1.73. The van der Waals surface area contributed by atoms with E-state index in [-0.39, 0.29) is 12.3 Å². The Balaban J connectivity index is 2.60. The largest absolute Gasteiger partial charge is 0.480 e. The molecule has 1 aromatic heterocycles. The Labute approximate surface area is 80.3 Å². The van der Waals surface area contributed by atoms with Gasteiger partial charge in [-0.05, 0) is 6.07 Å². The van der Waals surface area contributed by atoms with Crippen molar-refractivity contribution < 1.29 is 14.7 Å². The molecular weight excluding hydrogens is 186 g/mol. The zero-order valence-corrected chi connectivity index (χ0v) is 7.65. The molecule has 3 N–H and O–H groups in total. The molecule has 0 spiro atoms. The van der Waals surface area contributed by atoms with Crippen molar-refractivity contribution in [2.75, 3.05) is 0 Å². The maximum Gasteiger partial charge on any atom is 0.326 e. The van der Waals surface area contributed by atoms with E-state index in [9.17, 15) is 9.59 Å². The molecule has 1 atom stereocenters. The lowest BCUT2D eigenvalue weighted by atomic mass is 10.1. The molecule has 6 nitrogen and oxygen atoms in total. The van der Waals surface area contributed by atoms with Crippen LogP contribution in [-0.4, -0.2) is 33.2 Å². The number of carbonyl (C=O) groups is 2. The van der Waals surface area contributed by atoms with Crippen LogP contribution in [-0.2, 0) is 16.0 Å². The molecular formula is C8H11N3O3. The van der Waals surface area contributed by atoms with Crippen LogP contribution >= 0.6 is 0 Å². The van der Waals surface area contributed by atoms with Crippen LogP contribution in [0.2, 0.25) is 0 Å². The van der Waals surface area contributed by atoms with Gasteiger partial charge in [0.25, 0.3) is 0 Å². The third-order valence-corrected chi connectivity index (χ3v) is 1.66. The van der Waals surface area contributed by atoms with E-state index in [1.165, 1.54) is 13.1 Å². The Morgan fingerprint density at radius 3 is 2.86 bits per heavy atom. The number of nitrogens with one attached hydrogen (secondary N) is 2. The Morgan fingerprint density at radius 2 is 2.43 bits per heavy atom. The fraction of sp³-hybridized carbons (Fsp3) is 0.375. The van der Waals surface area contributed by atoms with Gasteiger partial charge in [-0.15, -0.1) is 0 Å². The van der Waals surface area contributed by atoms with Crippen LogP contribution in [0, 0.1) is 0 Å². The van der Waals surface area contributed by atoms with Gasteiger partial charge >= 0.3 is 5.97 Å². The number of H-pyrrole nitrogens is 1. The highest BCUT2D eigenvalue weighted by Gasteiger charge is 2.18. The summed E-state index contributed by atoms with van der Waals surface area (Å²) in [5.41, 5.74) is 0.672. The molecule has 0 bridgehead atoms. The SMILES string of the molecule is CC(=O)NC(Cc1ccn[nH]1)C(=O)O. The molecule has 0 saturated heterocycles. The van der Waals surface area contributed by atoms with Gasteiger partial charge in [-0.2, -0.15) is 5.10 Å². The number of amides is 1. The van der Waals surface area contributed by atoms with E-state index in [0.29, 0.717) is 5.69 Å². The first kappa shape index (κ1) is 10.2. The molecule has 1 aromatic rings. The second kappa shape index (κ2) is 4.40. The molecule has 0 aromatic carbocycles. The van der Waals surface area contributed by atoms with E-state index >= 15 is 0 Å². The predicted molar refractivity (Wildman–Crippen MR) is 47.5 cm³/mol. The summed E-state index contributed by atoms with van der Waals surface area (Å²) in [5.74, 6) is -1.42. The Kier molecular flexibility index (Phi) is 3.22. The molecule has 0 saturated carbocycles. The summed E-state index contributed by atoms with van der Waals surface area (Å²) in [6, 6.07) is 0.755. The summed E-state index contributed by atoms with van der Waals surface area (Å²) in [4.78, 5) is 21.4. The third-order valence-electron chi connectivity index (χ3n) is 1.66. The van der Waals surface area contributed by atoms with E-state index in [2.05, 4.69) is 15.5 Å². The van der Waals surface area contributed by atoms with Crippen molar-refractivity contribution in [3.05, 3.63) is 18.0 Å². The first-order valence-corrected chi connectivity index (χ1v) is 4.07. The van der Waals surface area contributed by atoms with E-state index in [4.69, 9.17) is 5.11 Å². The molecule has 1 heterocycles. The van der Waals surface area contributed by atoms with E-state index in [1.54, 1.807) is 6.07 Å². The van der Waals surface area contributed by atoms with Gasteiger partial charge in [-0.25, -0.2) is 4.79 Å². The Morgan fingerprint density at radius 1 is 1.71 bits per heavy atom. The molecule has 0 aliphatic carbocycles. The lowest BCUT2D eigenvalue weighted by Gasteiger charge is -2.11. The minimum absolute atomic E-state index is 0.203. The third kappa shape index (κ3) is 2.89. The van der Waals surface area contributed by atoms with Gasteiger partial charge in [0.1, 0.15) is 6.04 Å². The van der Waals surface area contributed by atoms with E-state index in [1.807, 2.05) is 0 Å².